The van der Waals surface area contributed by atoms with Crippen molar-refractivity contribution in [2.45, 2.75) is 91.2 Å². The van der Waals surface area contributed by atoms with E-state index in [0.29, 0.717) is 30.5 Å². The smallest absolute Gasteiger partial charge is 0.150 e. The van der Waals surface area contributed by atoms with Gasteiger partial charge in [0.2, 0.25) is 0 Å². The molecular weight excluding hydrogens is 446 g/mol. The maximum Gasteiger partial charge on any atom is 0.150 e. The number of carbonyl (C=O) groups is 2. The fourth-order valence-electron chi connectivity index (χ4n) is 6.43. The predicted octanol–water partition coefficient (Wildman–Crippen LogP) is 6.85. The average Bonchev–Trinajstić information content (AvgIpc) is 3.35. The van der Waals surface area contributed by atoms with Crippen molar-refractivity contribution < 1.29 is 14.3 Å². The maximum absolute atomic E-state index is 13.1. The van der Waals surface area contributed by atoms with E-state index in [9.17, 15) is 9.59 Å². The summed E-state index contributed by atoms with van der Waals surface area (Å²) in [4.78, 5) is 27.5. The summed E-state index contributed by atoms with van der Waals surface area (Å²) in [6, 6.07) is 14.6. The van der Waals surface area contributed by atoms with Crippen LogP contribution in [0.15, 0.2) is 42.5 Å². The minimum Gasteiger partial charge on any atom is -0.490 e. The molecule has 2 aromatic carbocycles. The van der Waals surface area contributed by atoms with E-state index in [1.807, 2.05) is 12.1 Å². The van der Waals surface area contributed by atoms with E-state index in [0.717, 1.165) is 54.7 Å². The predicted molar refractivity (Wildman–Crippen MR) is 147 cm³/mol. The molecule has 1 saturated heterocycles. The summed E-state index contributed by atoms with van der Waals surface area (Å²) >= 11 is 0. The van der Waals surface area contributed by atoms with Gasteiger partial charge in [0.25, 0.3) is 0 Å². The molecule has 0 radical (unpaired) electrons. The number of Topliss-reactive ketones (excluding diaryl/α,β-unsaturated/α-hetero) is 2. The molecule has 3 atom stereocenters. The van der Waals surface area contributed by atoms with Crippen LogP contribution in [-0.4, -0.2) is 42.2 Å². The highest BCUT2D eigenvalue weighted by atomic mass is 16.5. The highest BCUT2D eigenvalue weighted by Gasteiger charge is 2.40. The lowest BCUT2D eigenvalue weighted by Gasteiger charge is -2.22. The number of carbonyl (C=O) groups excluding carboxylic acids is 2. The molecule has 2 aromatic rings. The van der Waals surface area contributed by atoms with Crippen molar-refractivity contribution in [1.29, 1.82) is 0 Å². The molecule has 1 aliphatic heterocycles. The number of ketones is 2. The van der Waals surface area contributed by atoms with Crippen molar-refractivity contribution in [2.75, 3.05) is 13.6 Å². The molecule has 1 heterocycles. The molecule has 0 bridgehead atoms. The van der Waals surface area contributed by atoms with Crippen molar-refractivity contribution in [3.8, 4) is 16.9 Å². The van der Waals surface area contributed by atoms with Crippen LogP contribution in [0, 0.1) is 11.3 Å². The molecule has 1 aliphatic carbocycles. The molecule has 4 rings (SSSR count). The van der Waals surface area contributed by atoms with Gasteiger partial charge in [-0.1, -0.05) is 64.1 Å². The zero-order chi connectivity index (χ0) is 26.0. The first-order valence-electron chi connectivity index (χ1n) is 13.6. The summed E-state index contributed by atoms with van der Waals surface area (Å²) in [5.74, 6) is 2.14. The summed E-state index contributed by atoms with van der Waals surface area (Å²) in [5.41, 5.74) is 4.69. The number of ether oxygens (including phenoxy) is 1. The zero-order valence-corrected chi connectivity index (χ0v) is 23.0. The molecule has 4 nitrogen and oxygen atoms in total. The number of benzene rings is 2. The topological polar surface area (TPSA) is 46.6 Å². The van der Waals surface area contributed by atoms with Gasteiger partial charge in [0.05, 0.1) is 12.1 Å². The van der Waals surface area contributed by atoms with Crippen molar-refractivity contribution >= 4 is 11.6 Å². The third kappa shape index (κ3) is 6.08. The van der Waals surface area contributed by atoms with Crippen molar-refractivity contribution in [2.24, 2.45) is 11.3 Å². The van der Waals surface area contributed by atoms with E-state index >= 15 is 0 Å². The van der Waals surface area contributed by atoms with E-state index in [1.165, 1.54) is 5.56 Å². The number of nitrogens with zero attached hydrogens (tertiary/aromatic N) is 1. The van der Waals surface area contributed by atoms with Crippen LogP contribution >= 0.6 is 0 Å². The zero-order valence-electron chi connectivity index (χ0n) is 23.0. The second-order valence-corrected chi connectivity index (χ2v) is 12.3. The largest absolute Gasteiger partial charge is 0.490 e. The van der Waals surface area contributed by atoms with Gasteiger partial charge in [-0.25, -0.2) is 0 Å². The SMILES string of the molecule is CC(=O)Cc1cccc(O[C@@H]2CC[C@@H](CC(=O)[C@@H]3CC(C)(C)CN3C)C2)c1-c1ccccc1C(C)C. The van der Waals surface area contributed by atoms with Gasteiger partial charge in [-0.15, -0.1) is 0 Å². The van der Waals surface area contributed by atoms with Crippen molar-refractivity contribution in [1.82, 2.24) is 4.90 Å². The van der Waals surface area contributed by atoms with E-state index in [2.05, 4.69) is 70.0 Å². The van der Waals surface area contributed by atoms with Gasteiger partial charge in [0.15, 0.2) is 0 Å². The Labute approximate surface area is 217 Å². The number of rotatable bonds is 9. The first-order valence-corrected chi connectivity index (χ1v) is 13.6. The van der Waals surface area contributed by atoms with Crippen LogP contribution in [0.1, 0.15) is 83.8 Å². The normalized spacial score (nSPS) is 23.8. The first kappa shape index (κ1) is 26.6. The standard InChI is InChI=1S/C32H43NO3/c1-21(2)26-11-7-8-12-27(26)31-24(16-22(3)34)10-9-13-30(31)36-25-15-14-23(17-25)18-29(35)28-19-32(4,5)20-33(28)6/h7-13,21,23,25,28H,14-20H2,1-6H3/t23-,25-,28+/m1/s1. The van der Waals surface area contributed by atoms with Crippen LogP contribution in [-0.2, 0) is 16.0 Å². The van der Waals surface area contributed by atoms with E-state index in [-0.39, 0.29) is 23.3 Å². The molecule has 4 heteroatoms. The molecule has 36 heavy (non-hydrogen) atoms. The summed E-state index contributed by atoms with van der Waals surface area (Å²) in [6.45, 7) is 11.5. The third-order valence-corrected chi connectivity index (χ3v) is 8.01. The molecule has 0 aromatic heterocycles. The maximum atomic E-state index is 13.1. The van der Waals surface area contributed by atoms with Gasteiger partial charge in [-0.05, 0) is 79.7 Å². The van der Waals surface area contributed by atoms with Crippen LogP contribution in [0.4, 0.5) is 0 Å². The molecule has 0 spiro atoms. The van der Waals surface area contributed by atoms with Crippen LogP contribution in [0.3, 0.4) is 0 Å². The minimum absolute atomic E-state index is 0.0577. The molecule has 0 unspecified atom stereocenters. The molecule has 0 N–H and O–H groups in total. The molecule has 194 valence electrons. The van der Waals surface area contributed by atoms with E-state index in [4.69, 9.17) is 4.74 Å². The molecule has 1 saturated carbocycles. The van der Waals surface area contributed by atoms with Crippen LogP contribution < -0.4 is 4.74 Å². The van der Waals surface area contributed by atoms with Gasteiger partial charge >= 0.3 is 0 Å². The number of hydrogen-bond donors (Lipinski definition) is 0. The number of likely N-dealkylation sites (N-methyl/N-ethyl adjacent to an activating group) is 1. The molecular formula is C32H43NO3. The quantitative estimate of drug-likeness (QED) is 0.387. The second-order valence-electron chi connectivity index (χ2n) is 12.3. The van der Waals surface area contributed by atoms with Gasteiger partial charge in [-0.2, -0.15) is 0 Å². The fraction of sp³-hybridized carbons (Fsp3) is 0.562. The van der Waals surface area contributed by atoms with Gasteiger partial charge in [0, 0.05) is 24.9 Å². The van der Waals surface area contributed by atoms with Gasteiger partial charge in [0.1, 0.15) is 17.3 Å². The summed E-state index contributed by atoms with van der Waals surface area (Å²) < 4.78 is 6.68. The van der Waals surface area contributed by atoms with Gasteiger partial charge in [-0.3, -0.25) is 14.5 Å². The Hall–Kier alpha value is -2.46. The number of likely N-dealkylation sites (tertiary alicyclic amines) is 1. The third-order valence-electron chi connectivity index (χ3n) is 8.01. The number of hydrogen-bond acceptors (Lipinski definition) is 4. The van der Waals surface area contributed by atoms with E-state index in [1.54, 1.807) is 6.92 Å². The Balaban J connectivity index is 1.52. The summed E-state index contributed by atoms with van der Waals surface area (Å²) in [7, 11) is 2.09. The lowest BCUT2D eigenvalue weighted by atomic mass is 9.87. The van der Waals surface area contributed by atoms with Crippen LogP contribution in [0.25, 0.3) is 11.1 Å². The van der Waals surface area contributed by atoms with Crippen molar-refractivity contribution in [3.63, 3.8) is 0 Å². The second kappa shape index (κ2) is 10.9. The highest BCUT2D eigenvalue weighted by Crippen LogP contribution is 2.41. The monoisotopic (exact) mass is 489 g/mol. The van der Waals surface area contributed by atoms with E-state index < -0.39 is 0 Å². The average molecular weight is 490 g/mol. The van der Waals surface area contributed by atoms with Crippen LogP contribution in [0.5, 0.6) is 5.75 Å². The highest BCUT2D eigenvalue weighted by molar-refractivity contribution is 5.85. The van der Waals surface area contributed by atoms with Crippen LogP contribution in [0.2, 0.25) is 0 Å². The Bertz CT molecular complexity index is 1100. The lowest BCUT2D eigenvalue weighted by Crippen LogP contribution is -2.33. The van der Waals surface area contributed by atoms with Gasteiger partial charge < -0.3 is 4.74 Å². The molecule has 2 aliphatic rings. The summed E-state index contributed by atoms with van der Waals surface area (Å²) in [5, 5.41) is 0. The lowest BCUT2D eigenvalue weighted by molar-refractivity contribution is -0.124. The Kier molecular flexibility index (Phi) is 8.04. The molecule has 2 fully saturated rings. The van der Waals surface area contributed by atoms with Crippen molar-refractivity contribution in [3.05, 3.63) is 53.6 Å². The first-order chi connectivity index (χ1) is 17.0. The Morgan fingerprint density at radius 1 is 1.08 bits per heavy atom. The Morgan fingerprint density at radius 3 is 2.50 bits per heavy atom. The Morgan fingerprint density at radius 2 is 1.83 bits per heavy atom. The minimum atomic E-state index is 0.0577. The fourth-order valence-corrected chi connectivity index (χ4v) is 6.43. The molecule has 0 amide bonds. The summed E-state index contributed by atoms with van der Waals surface area (Å²) in [6.07, 6.45) is 5.00.